The molecule has 0 aliphatic rings. The Hall–Kier alpha value is -2.32. The van der Waals surface area contributed by atoms with Crippen molar-refractivity contribution in [2.75, 3.05) is 7.11 Å². The first-order valence-electron chi connectivity index (χ1n) is 6.36. The van der Waals surface area contributed by atoms with Gasteiger partial charge in [0, 0.05) is 11.8 Å². The van der Waals surface area contributed by atoms with E-state index in [4.69, 9.17) is 4.74 Å². The summed E-state index contributed by atoms with van der Waals surface area (Å²) in [6.07, 6.45) is 1.91. The standard InChI is InChI=1S/C16H12BrN3O/c1-10-6-13(17)16-19-15(14(8-18)20(16)9-10)11-4-3-5-12(7-11)21-2/h3-7,9H,1-2H3. The molecule has 0 aliphatic heterocycles. The lowest BCUT2D eigenvalue weighted by molar-refractivity contribution is 0.415. The molecule has 2 aromatic heterocycles. The molecule has 4 nitrogen and oxygen atoms in total. The zero-order valence-electron chi connectivity index (χ0n) is 11.6. The number of hydrogen-bond acceptors (Lipinski definition) is 3. The van der Waals surface area contributed by atoms with Crippen LogP contribution in [0.1, 0.15) is 11.3 Å². The summed E-state index contributed by atoms with van der Waals surface area (Å²) in [5.74, 6) is 0.740. The van der Waals surface area contributed by atoms with Gasteiger partial charge >= 0.3 is 0 Å². The molecular formula is C16H12BrN3O. The third-order valence-corrected chi connectivity index (χ3v) is 3.84. The SMILES string of the molecule is COc1cccc(-c2nc3c(Br)cc(C)cn3c2C#N)c1. The van der Waals surface area contributed by atoms with E-state index >= 15 is 0 Å². The first-order valence-corrected chi connectivity index (χ1v) is 7.16. The van der Waals surface area contributed by atoms with Gasteiger partial charge in [0.1, 0.15) is 17.5 Å². The summed E-state index contributed by atoms with van der Waals surface area (Å²) >= 11 is 3.51. The van der Waals surface area contributed by atoms with Crippen LogP contribution in [0.15, 0.2) is 41.0 Å². The first kappa shape index (κ1) is 13.7. The molecule has 5 heteroatoms. The van der Waals surface area contributed by atoms with E-state index in [1.807, 2.05) is 47.9 Å². The molecule has 3 aromatic rings. The zero-order valence-corrected chi connectivity index (χ0v) is 13.2. The van der Waals surface area contributed by atoms with Crippen LogP contribution in [0.25, 0.3) is 16.9 Å². The van der Waals surface area contributed by atoms with Gasteiger partial charge in [0.15, 0.2) is 11.3 Å². The normalized spacial score (nSPS) is 10.6. The summed E-state index contributed by atoms with van der Waals surface area (Å²) in [5, 5.41) is 9.52. The molecular weight excluding hydrogens is 330 g/mol. The molecule has 0 radical (unpaired) electrons. The van der Waals surface area contributed by atoms with E-state index in [0.29, 0.717) is 11.4 Å². The second kappa shape index (κ2) is 5.23. The fourth-order valence-electron chi connectivity index (χ4n) is 2.31. The minimum absolute atomic E-state index is 0.516. The third kappa shape index (κ3) is 2.28. The molecule has 0 aliphatic carbocycles. The largest absolute Gasteiger partial charge is 0.497 e. The Morgan fingerprint density at radius 1 is 1.33 bits per heavy atom. The molecule has 0 saturated heterocycles. The van der Waals surface area contributed by atoms with Gasteiger partial charge in [-0.15, -0.1) is 0 Å². The molecule has 0 amide bonds. The Balaban J connectivity index is 2.32. The Kier molecular flexibility index (Phi) is 3.40. The van der Waals surface area contributed by atoms with Crippen molar-refractivity contribution in [2.45, 2.75) is 6.92 Å². The van der Waals surface area contributed by atoms with Crippen molar-refractivity contribution in [1.29, 1.82) is 5.26 Å². The van der Waals surface area contributed by atoms with Crippen molar-refractivity contribution in [1.82, 2.24) is 9.38 Å². The molecule has 0 spiro atoms. The second-order valence-corrected chi connectivity index (χ2v) is 5.57. The highest BCUT2D eigenvalue weighted by Gasteiger charge is 2.16. The van der Waals surface area contributed by atoms with E-state index in [1.165, 1.54) is 0 Å². The van der Waals surface area contributed by atoms with Crippen LogP contribution in [0.3, 0.4) is 0 Å². The van der Waals surface area contributed by atoms with Crippen molar-refractivity contribution >= 4 is 21.6 Å². The fourth-order valence-corrected chi connectivity index (χ4v) is 2.95. The minimum Gasteiger partial charge on any atom is -0.497 e. The summed E-state index contributed by atoms with van der Waals surface area (Å²) in [4.78, 5) is 4.61. The first-order chi connectivity index (χ1) is 10.1. The Labute approximate surface area is 130 Å². The van der Waals surface area contributed by atoms with E-state index in [1.54, 1.807) is 7.11 Å². The van der Waals surface area contributed by atoms with Gasteiger partial charge < -0.3 is 4.74 Å². The third-order valence-electron chi connectivity index (χ3n) is 3.26. The molecule has 0 atom stereocenters. The molecule has 104 valence electrons. The number of pyridine rings is 1. The van der Waals surface area contributed by atoms with Crippen LogP contribution in [0.2, 0.25) is 0 Å². The number of imidazole rings is 1. The number of aryl methyl sites for hydroxylation is 1. The smallest absolute Gasteiger partial charge is 0.152 e. The monoisotopic (exact) mass is 341 g/mol. The number of aromatic nitrogens is 2. The van der Waals surface area contributed by atoms with Crippen LogP contribution in [0, 0.1) is 18.3 Å². The van der Waals surface area contributed by atoms with Gasteiger partial charge in [-0.05, 0) is 46.6 Å². The number of rotatable bonds is 2. The quantitative estimate of drug-likeness (QED) is 0.708. The van der Waals surface area contributed by atoms with Crippen molar-refractivity contribution in [3.05, 3.63) is 52.3 Å². The topological polar surface area (TPSA) is 50.3 Å². The van der Waals surface area contributed by atoms with Crippen LogP contribution in [-0.2, 0) is 0 Å². The number of nitriles is 1. The van der Waals surface area contributed by atoms with Crippen molar-refractivity contribution in [3.63, 3.8) is 0 Å². The van der Waals surface area contributed by atoms with Crippen molar-refractivity contribution in [3.8, 4) is 23.1 Å². The van der Waals surface area contributed by atoms with Gasteiger partial charge in [0.05, 0.1) is 11.6 Å². The molecule has 3 rings (SSSR count). The van der Waals surface area contributed by atoms with Gasteiger partial charge in [-0.1, -0.05) is 12.1 Å². The van der Waals surface area contributed by atoms with Gasteiger partial charge in [-0.25, -0.2) is 4.98 Å². The maximum Gasteiger partial charge on any atom is 0.152 e. The fraction of sp³-hybridized carbons (Fsp3) is 0.125. The van der Waals surface area contributed by atoms with Gasteiger partial charge in [0.2, 0.25) is 0 Å². The maximum atomic E-state index is 9.52. The predicted octanol–water partition coefficient (Wildman–Crippen LogP) is 3.95. The van der Waals surface area contributed by atoms with Crippen LogP contribution in [0.5, 0.6) is 5.75 Å². The van der Waals surface area contributed by atoms with E-state index in [9.17, 15) is 5.26 Å². The zero-order chi connectivity index (χ0) is 15.0. The summed E-state index contributed by atoms with van der Waals surface area (Å²) in [7, 11) is 1.62. The maximum absolute atomic E-state index is 9.52. The summed E-state index contributed by atoms with van der Waals surface area (Å²) in [6.45, 7) is 1.98. The highest BCUT2D eigenvalue weighted by molar-refractivity contribution is 9.10. The predicted molar refractivity (Wildman–Crippen MR) is 84.3 cm³/mol. The highest BCUT2D eigenvalue weighted by Crippen LogP contribution is 2.29. The van der Waals surface area contributed by atoms with Gasteiger partial charge in [0.25, 0.3) is 0 Å². The summed E-state index contributed by atoms with van der Waals surface area (Å²) < 4.78 is 7.92. The Morgan fingerprint density at radius 2 is 2.14 bits per heavy atom. The van der Waals surface area contributed by atoms with Crippen molar-refractivity contribution in [2.24, 2.45) is 0 Å². The molecule has 21 heavy (non-hydrogen) atoms. The molecule has 0 unspecified atom stereocenters. The molecule has 0 fully saturated rings. The number of benzene rings is 1. The Bertz CT molecular complexity index is 877. The molecule has 0 bridgehead atoms. The lowest BCUT2D eigenvalue weighted by atomic mass is 10.1. The average molecular weight is 342 g/mol. The minimum atomic E-state index is 0.516. The number of fused-ring (bicyclic) bond motifs is 1. The number of ether oxygens (including phenoxy) is 1. The lowest BCUT2D eigenvalue weighted by Gasteiger charge is -2.02. The highest BCUT2D eigenvalue weighted by atomic mass is 79.9. The van der Waals surface area contributed by atoms with Crippen LogP contribution < -0.4 is 4.74 Å². The molecule has 2 heterocycles. The Morgan fingerprint density at radius 3 is 2.86 bits per heavy atom. The van der Waals surface area contributed by atoms with Gasteiger partial charge in [-0.3, -0.25) is 4.40 Å². The van der Waals surface area contributed by atoms with E-state index in [2.05, 4.69) is 27.0 Å². The van der Waals surface area contributed by atoms with Crippen LogP contribution in [0.4, 0.5) is 0 Å². The van der Waals surface area contributed by atoms with E-state index < -0.39 is 0 Å². The second-order valence-electron chi connectivity index (χ2n) is 4.71. The van der Waals surface area contributed by atoms with E-state index in [0.717, 1.165) is 27.0 Å². The molecule has 0 N–H and O–H groups in total. The summed E-state index contributed by atoms with van der Waals surface area (Å²) in [6, 6.07) is 11.8. The number of halogens is 1. The van der Waals surface area contributed by atoms with Gasteiger partial charge in [-0.2, -0.15) is 5.26 Å². The van der Waals surface area contributed by atoms with Crippen molar-refractivity contribution < 1.29 is 4.74 Å². The molecule has 1 aromatic carbocycles. The number of hydrogen-bond donors (Lipinski definition) is 0. The summed E-state index contributed by atoms with van der Waals surface area (Å²) in [5.41, 5.74) is 3.82. The average Bonchev–Trinajstić information content (AvgIpc) is 2.86. The molecule has 0 saturated carbocycles. The number of nitrogens with zero attached hydrogens (tertiary/aromatic N) is 3. The van der Waals surface area contributed by atoms with Crippen LogP contribution >= 0.6 is 15.9 Å². The lowest BCUT2D eigenvalue weighted by Crippen LogP contribution is -1.91. The number of methoxy groups -OCH3 is 1. The van der Waals surface area contributed by atoms with Crippen LogP contribution in [-0.4, -0.2) is 16.5 Å². The van der Waals surface area contributed by atoms with E-state index in [-0.39, 0.29) is 0 Å².